The Morgan fingerprint density at radius 1 is 1.09 bits per heavy atom. The Balaban J connectivity index is 1.90. The maximum Gasteiger partial charge on any atom is 0.315 e. The number of amides is 2. The summed E-state index contributed by atoms with van der Waals surface area (Å²) in [5.74, 6) is 0. The van der Waals surface area contributed by atoms with E-state index in [1.807, 2.05) is 37.3 Å². The second kappa shape index (κ2) is 7.26. The lowest BCUT2D eigenvalue weighted by Crippen LogP contribution is -2.36. The zero-order chi connectivity index (χ0) is 16.9. The van der Waals surface area contributed by atoms with Crippen molar-refractivity contribution in [2.45, 2.75) is 24.4 Å². The van der Waals surface area contributed by atoms with Crippen LogP contribution in [0.15, 0.2) is 59.5 Å². The number of urea groups is 1. The Hall–Kier alpha value is -2.38. The van der Waals surface area contributed by atoms with Gasteiger partial charge in [-0.25, -0.2) is 18.4 Å². The summed E-state index contributed by atoms with van der Waals surface area (Å²) in [5, 5.41) is 10.6. The highest BCUT2D eigenvalue weighted by Gasteiger charge is 2.11. The molecule has 0 aliphatic rings. The van der Waals surface area contributed by atoms with E-state index in [4.69, 9.17) is 5.14 Å². The Morgan fingerprint density at radius 3 is 2.26 bits per heavy atom. The van der Waals surface area contributed by atoms with Gasteiger partial charge in [0.15, 0.2) is 0 Å². The molecule has 0 aromatic heterocycles. The van der Waals surface area contributed by atoms with Crippen molar-refractivity contribution in [1.82, 2.24) is 10.6 Å². The third-order valence-corrected chi connectivity index (χ3v) is 4.28. The predicted molar refractivity (Wildman–Crippen MR) is 88.0 cm³/mol. The molecule has 0 spiro atoms. The average Bonchev–Trinajstić information content (AvgIpc) is 2.53. The number of nitrogens with two attached hydrogens (primary N) is 1. The Labute approximate surface area is 135 Å². The third kappa shape index (κ3) is 5.08. The highest BCUT2D eigenvalue weighted by atomic mass is 32.2. The molecule has 2 aromatic rings. The molecular formula is C16H19N3O3S. The summed E-state index contributed by atoms with van der Waals surface area (Å²) in [5.41, 5.74) is 1.79. The Kier molecular flexibility index (Phi) is 5.36. The van der Waals surface area contributed by atoms with Crippen molar-refractivity contribution in [2.75, 3.05) is 0 Å². The van der Waals surface area contributed by atoms with Crippen molar-refractivity contribution in [1.29, 1.82) is 0 Å². The summed E-state index contributed by atoms with van der Waals surface area (Å²) in [6, 6.07) is 15.1. The lowest BCUT2D eigenvalue weighted by atomic mass is 10.1. The van der Waals surface area contributed by atoms with E-state index in [0.717, 1.165) is 11.1 Å². The number of carbonyl (C=O) groups excluding carboxylic acids is 1. The van der Waals surface area contributed by atoms with Crippen LogP contribution in [0.1, 0.15) is 24.1 Å². The number of benzene rings is 2. The molecule has 0 aliphatic carbocycles. The molecule has 0 saturated heterocycles. The highest BCUT2D eigenvalue weighted by molar-refractivity contribution is 7.89. The van der Waals surface area contributed by atoms with Gasteiger partial charge in [-0.3, -0.25) is 0 Å². The summed E-state index contributed by atoms with van der Waals surface area (Å²) in [6.07, 6.45) is 0. The van der Waals surface area contributed by atoms with E-state index in [1.165, 1.54) is 12.1 Å². The largest absolute Gasteiger partial charge is 0.334 e. The van der Waals surface area contributed by atoms with E-state index in [2.05, 4.69) is 10.6 Å². The van der Waals surface area contributed by atoms with Gasteiger partial charge in [0.05, 0.1) is 10.9 Å². The molecule has 2 aromatic carbocycles. The van der Waals surface area contributed by atoms with Crippen LogP contribution in [0.2, 0.25) is 0 Å². The normalized spacial score (nSPS) is 12.4. The van der Waals surface area contributed by atoms with Crippen LogP contribution in [0.25, 0.3) is 0 Å². The van der Waals surface area contributed by atoms with Gasteiger partial charge in [0.1, 0.15) is 0 Å². The fraction of sp³-hybridized carbons (Fsp3) is 0.188. The standard InChI is InChI=1S/C16H19N3O3S/c1-12(14-7-9-15(10-8-14)23(17,21)22)19-16(20)18-11-13-5-3-2-4-6-13/h2-10,12H,11H2,1H3,(H2,17,21,22)(H2,18,19,20). The third-order valence-electron chi connectivity index (χ3n) is 3.35. The van der Waals surface area contributed by atoms with Gasteiger partial charge in [0.25, 0.3) is 0 Å². The smallest absolute Gasteiger partial charge is 0.315 e. The SMILES string of the molecule is CC(NC(=O)NCc1ccccc1)c1ccc(S(N)(=O)=O)cc1. The van der Waals surface area contributed by atoms with Gasteiger partial charge in [0, 0.05) is 6.54 Å². The molecular weight excluding hydrogens is 314 g/mol. The van der Waals surface area contributed by atoms with Gasteiger partial charge in [0.2, 0.25) is 10.0 Å². The molecule has 122 valence electrons. The number of rotatable bonds is 5. The minimum Gasteiger partial charge on any atom is -0.334 e. The van der Waals surface area contributed by atoms with E-state index in [0.29, 0.717) is 6.54 Å². The lowest BCUT2D eigenvalue weighted by Gasteiger charge is -2.15. The Morgan fingerprint density at radius 2 is 1.70 bits per heavy atom. The summed E-state index contributed by atoms with van der Waals surface area (Å²) < 4.78 is 22.4. The predicted octanol–water partition coefficient (Wildman–Crippen LogP) is 1.89. The van der Waals surface area contributed by atoms with Crippen LogP contribution >= 0.6 is 0 Å². The number of hydrogen-bond acceptors (Lipinski definition) is 3. The molecule has 0 heterocycles. The molecule has 0 saturated carbocycles. The molecule has 0 bridgehead atoms. The van der Waals surface area contributed by atoms with Gasteiger partial charge in [-0.2, -0.15) is 0 Å². The van der Waals surface area contributed by atoms with Gasteiger partial charge >= 0.3 is 6.03 Å². The van der Waals surface area contributed by atoms with Crippen LogP contribution < -0.4 is 15.8 Å². The van der Waals surface area contributed by atoms with Crippen LogP contribution in [0.5, 0.6) is 0 Å². The first kappa shape index (κ1) is 17.0. The van der Waals surface area contributed by atoms with E-state index in [1.54, 1.807) is 12.1 Å². The van der Waals surface area contributed by atoms with E-state index >= 15 is 0 Å². The molecule has 2 rings (SSSR count). The van der Waals surface area contributed by atoms with E-state index in [9.17, 15) is 13.2 Å². The van der Waals surface area contributed by atoms with Crippen molar-refractivity contribution in [3.8, 4) is 0 Å². The van der Waals surface area contributed by atoms with Crippen LogP contribution in [0, 0.1) is 0 Å². The van der Waals surface area contributed by atoms with Crippen LogP contribution in [-0.4, -0.2) is 14.4 Å². The molecule has 23 heavy (non-hydrogen) atoms. The first-order valence-electron chi connectivity index (χ1n) is 7.07. The quantitative estimate of drug-likeness (QED) is 0.779. The highest BCUT2D eigenvalue weighted by Crippen LogP contribution is 2.15. The number of hydrogen-bond donors (Lipinski definition) is 3. The van der Waals surface area contributed by atoms with Crippen molar-refractivity contribution in [2.24, 2.45) is 5.14 Å². The molecule has 0 aliphatic heterocycles. The summed E-state index contributed by atoms with van der Waals surface area (Å²) >= 11 is 0. The van der Waals surface area contributed by atoms with Gasteiger partial charge in [-0.1, -0.05) is 42.5 Å². The monoisotopic (exact) mass is 333 g/mol. The van der Waals surface area contributed by atoms with Crippen molar-refractivity contribution >= 4 is 16.1 Å². The number of nitrogens with one attached hydrogen (secondary N) is 2. The van der Waals surface area contributed by atoms with Crippen LogP contribution in [0.3, 0.4) is 0 Å². The molecule has 7 heteroatoms. The van der Waals surface area contributed by atoms with Gasteiger partial charge in [-0.15, -0.1) is 0 Å². The molecule has 4 N–H and O–H groups in total. The molecule has 0 fully saturated rings. The molecule has 6 nitrogen and oxygen atoms in total. The lowest BCUT2D eigenvalue weighted by molar-refractivity contribution is 0.237. The zero-order valence-corrected chi connectivity index (χ0v) is 13.5. The van der Waals surface area contributed by atoms with Crippen molar-refractivity contribution < 1.29 is 13.2 Å². The zero-order valence-electron chi connectivity index (χ0n) is 12.7. The summed E-state index contributed by atoms with van der Waals surface area (Å²) in [6.45, 7) is 2.25. The summed E-state index contributed by atoms with van der Waals surface area (Å²) in [4.78, 5) is 11.9. The Bertz CT molecular complexity index is 759. The van der Waals surface area contributed by atoms with E-state index in [-0.39, 0.29) is 17.0 Å². The molecule has 2 amide bonds. The first-order chi connectivity index (χ1) is 10.9. The average molecular weight is 333 g/mol. The van der Waals surface area contributed by atoms with Crippen LogP contribution in [0.4, 0.5) is 4.79 Å². The van der Waals surface area contributed by atoms with E-state index < -0.39 is 10.0 Å². The second-order valence-electron chi connectivity index (χ2n) is 5.15. The molecule has 1 atom stereocenters. The number of sulfonamides is 1. The fourth-order valence-electron chi connectivity index (χ4n) is 2.06. The van der Waals surface area contributed by atoms with Gasteiger partial charge in [-0.05, 0) is 30.2 Å². The van der Waals surface area contributed by atoms with Crippen molar-refractivity contribution in [3.05, 3.63) is 65.7 Å². The second-order valence-corrected chi connectivity index (χ2v) is 6.71. The maximum absolute atomic E-state index is 11.9. The number of primary sulfonamides is 1. The maximum atomic E-state index is 11.9. The van der Waals surface area contributed by atoms with Gasteiger partial charge < -0.3 is 10.6 Å². The molecule has 1 unspecified atom stereocenters. The first-order valence-corrected chi connectivity index (χ1v) is 8.62. The minimum atomic E-state index is -3.71. The minimum absolute atomic E-state index is 0.0435. The molecule has 0 radical (unpaired) electrons. The van der Waals surface area contributed by atoms with Crippen LogP contribution in [-0.2, 0) is 16.6 Å². The fourth-order valence-corrected chi connectivity index (χ4v) is 2.57. The number of carbonyl (C=O) groups is 1. The topological polar surface area (TPSA) is 101 Å². The summed E-state index contributed by atoms with van der Waals surface area (Å²) in [7, 11) is -3.71. The van der Waals surface area contributed by atoms with Crippen molar-refractivity contribution in [3.63, 3.8) is 0 Å².